The van der Waals surface area contributed by atoms with Gasteiger partial charge in [0.2, 0.25) is 0 Å². The van der Waals surface area contributed by atoms with Gasteiger partial charge in [-0.15, -0.1) is 0 Å². The molecule has 3 rings (SSSR count). The van der Waals surface area contributed by atoms with Crippen LogP contribution in [-0.4, -0.2) is 40.9 Å². The Balaban J connectivity index is 1.66. The molecule has 122 valence electrons. The number of likely N-dealkylation sites (tertiary alicyclic amines) is 1. The van der Waals surface area contributed by atoms with E-state index in [9.17, 15) is 9.90 Å². The van der Waals surface area contributed by atoms with Crippen LogP contribution in [0, 0.1) is 5.41 Å². The number of urea groups is 1. The number of aliphatic hydroxyl groups is 1. The molecule has 2 amide bonds. The van der Waals surface area contributed by atoms with Gasteiger partial charge >= 0.3 is 6.03 Å². The Morgan fingerprint density at radius 1 is 1.43 bits per heavy atom. The third-order valence-electron chi connectivity index (χ3n) is 4.25. The first-order valence-electron chi connectivity index (χ1n) is 7.79. The van der Waals surface area contributed by atoms with Crippen molar-refractivity contribution in [2.45, 2.75) is 19.8 Å². The Bertz CT molecular complexity index is 671. The van der Waals surface area contributed by atoms with Crippen LogP contribution in [0.4, 0.5) is 10.6 Å². The van der Waals surface area contributed by atoms with Crippen LogP contribution in [0.5, 0.6) is 0 Å². The summed E-state index contributed by atoms with van der Waals surface area (Å²) in [7, 11) is 0. The molecule has 0 bridgehead atoms. The maximum atomic E-state index is 12.4. The van der Waals surface area contributed by atoms with Gasteiger partial charge in [0.1, 0.15) is 0 Å². The SMILES string of the molecule is CC1(CO)CCCN(C(=O)Nc2cc(-c3ccccc3)on2)C1. The number of carbonyl (C=O) groups is 1. The molecule has 1 fully saturated rings. The maximum Gasteiger partial charge on any atom is 0.323 e. The van der Waals surface area contributed by atoms with Crippen molar-refractivity contribution in [1.82, 2.24) is 10.1 Å². The summed E-state index contributed by atoms with van der Waals surface area (Å²) in [5, 5.41) is 16.1. The Labute approximate surface area is 135 Å². The first-order chi connectivity index (χ1) is 11.1. The second kappa shape index (κ2) is 6.42. The van der Waals surface area contributed by atoms with Crippen LogP contribution >= 0.6 is 0 Å². The summed E-state index contributed by atoms with van der Waals surface area (Å²) in [4.78, 5) is 14.1. The summed E-state index contributed by atoms with van der Waals surface area (Å²) in [6.45, 7) is 3.30. The van der Waals surface area contributed by atoms with Crippen molar-refractivity contribution in [1.29, 1.82) is 0 Å². The van der Waals surface area contributed by atoms with E-state index in [1.54, 1.807) is 11.0 Å². The first kappa shape index (κ1) is 15.6. The molecule has 6 nitrogen and oxygen atoms in total. The lowest BCUT2D eigenvalue weighted by Gasteiger charge is -2.39. The fourth-order valence-corrected chi connectivity index (χ4v) is 2.88. The summed E-state index contributed by atoms with van der Waals surface area (Å²) in [6, 6.07) is 11.1. The standard InChI is InChI=1S/C17H21N3O3/c1-17(12-21)8-5-9-20(11-17)16(22)18-15-10-14(23-19-15)13-6-3-2-4-7-13/h2-4,6-7,10,21H,5,8-9,11-12H2,1H3,(H,18,19,22). The van der Waals surface area contributed by atoms with Crippen LogP contribution in [0.25, 0.3) is 11.3 Å². The molecule has 1 saturated heterocycles. The van der Waals surface area contributed by atoms with E-state index in [4.69, 9.17) is 4.52 Å². The van der Waals surface area contributed by atoms with E-state index in [-0.39, 0.29) is 18.1 Å². The molecule has 6 heteroatoms. The van der Waals surface area contributed by atoms with Crippen LogP contribution in [0.2, 0.25) is 0 Å². The van der Waals surface area contributed by atoms with Crippen LogP contribution in [0.3, 0.4) is 0 Å². The molecule has 1 atom stereocenters. The van der Waals surface area contributed by atoms with Gasteiger partial charge in [-0.25, -0.2) is 4.79 Å². The van der Waals surface area contributed by atoms with Crippen LogP contribution < -0.4 is 5.32 Å². The van der Waals surface area contributed by atoms with Gasteiger partial charge in [0, 0.05) is 30.1 Å². The molecule has 0 saturated carbocycles. The number of benzene rings is 1. The van der Waals surface area contributed by atoms with Crippen molar-refractivity contribution in [3.63, 3.8) is 0 Å². The zero-order chi connectivity index (χ0) is 16.3. The van der Waals surface area contributed by atoms with Gasteiger partial charge in [0.05, 0.1) is 6.61 Å². The fourth-order valence-electron chi connectivity index (χ4n) is 2.88. The molecule has 1 unspecified atom stereocenters. The molecular formula is C17H21N3O3. The smallest absolute Gasteiger partial charge is 0.323 e. The normalized spacial score (nSPS) is 21.2. The topological polar surface area (TPSA) is 78.6 Å². The number of piperidine rings is 1. The highest BCUT2D eigenvalue weighted by molar-refractivity contribution is 5.88. The zero-order valence-corrected chi connectivity index (χ0v) is 13.2. The highest BCUT2D eigenvalue weighted by atomic mass is 16.5. The minimum absolute atomic E-state index is 0.0822. The highest BCUT2D eigenvalue weighted by Gasteiger charge is 2.32. The second-order valence-corrected chi connectivity index (χ2v) is 6.37. The summed E-state index contributed by atoms with van der Waals surface area (Å²) in [6.07, 6.45) is 1.81. The predicted molar refractivity (Wildman–Crippen MR) is 87.0 cm³/mol. The van der Waals surface area contributed by atoms with Gasteiger partial charge in [-0.2, -0.15) is 0 Å². The average molecular weight is 315 g/mol. The molecule has 1 aromatic heterocycles. The lowest BCUT2D eigenvalue weighted by molar-refractivity contribution is 0.0648. The number of carbonyl (C=O) groups excluding carboxylic acids is 1. The molecule has 0 radical (unpaired) electrons. The average Bonchev–Trinajstić information content (AvgIpc) is 3.04. The summed E-state index contributed by atoms with van der Waals surface area (Å²) in [5.74, 6) is 1.00. The number of nitrogens with one attached hydrogen (secondary N) is 1. The van der Waals surface area contributed by atoms with Crippen molar-refractivity contribution in [3.05, 3.63) is 36.4 Å². The van der Waals surface area contributed by atoms with Gasteiger partial charge in [-0.05, 0) is 12.8 Å². The molecule has 2 N–H and O–H groups in total. The van der Waals surface area contributed by atoms with Gasteiger partial charge in [0.15, 0.2) is 11.6 Å². The summed E-state index contributed by atoms with van der Waals surface area (Å²) < 4.78 is 5.28. The number of hydrogen-bond acceptors (Lipinski definition) is 4. The molecule has 1 aliphatic rings. The molecule has 1 aromatic carbocycles. The lowest BCUT2D eigenvalue weighted by atomic mass is 9.83. The number of amides is 2. The summed E-state index contributed by atoms with van der Waals surface area (Å²) in [5.41, 5.74) is 0.681. The fraction of sp³-hybridized carbons (Fsp3) is 0.412. The zero-order valence-electron chi connectivity index (χ0n) is 13.2. The Kier molecular flexibility index (Phi) is 4.34. The molecule has 23 heavy (non-hydrogen) atoms. The monoisotopic (exact) mass is 315 g/mol. The van der Waals surface area contributed by atoms with Crippen LogP contribution in [0.15, 0.2) is 40.9 Å². The Hall–Kier alpha value is -2.34. The third kappa shape index (κ3) is 3.53. The van der Waals surface area contributed by atoms with E-state index in [1.807, 2.05) is 37.3 Å². The summed E-state index contributed by atoms with van der Waals surface area (Å²) >= 11 is 0. The van der Waals surface area contributed by atoms with Gasteiger partial charge in [-0.1, -0.05) is 42.4 Å². The highest BCUT2D eigenvalue weighted by Crippen LogP contribution is 2.29. The van der Waals surface area contributed by atoms with Crippen molar-refractivity contribution < 1.29 is 14.4 Å². The quantitative estimate of drug-likeness (QED) is 0.912. The lowest BCUT2D eigenvalue weighted by Crippen LogP contribution is -2.48. The van der Waals surface area contributed by atoms with E-state index >= 15 is 0 Å². The molecular weight excluding hydrogens is 294 g/mol. The second-order valence-electron chi connectivity index (χ2n) is 6.37. The number of anilines is 1. The maximum absolute atomic E-state index is 12.4. The van der Waals surface area contributed by atoms with Gasteiger partial charge in [0.25, 0.3) is 0 Å². The minimum atomic E-state index is -0.228. The first-order valence-corrected chi connectivity index (χ1v) is 7.79. The van der Waals surface area contributed by atoms with E-state index < -0.39 is 0 Å². The van der Waals surface area contributed by atoms with Gasteiger partial charge < -0.3 is 14.5 Å². The minimum Gasteiger partial charge on any atom is -0.396 e. The van der Waals surface area contributed by atoms with Crippen molar-refractivity contribution in [3.8, 4) is 11.3 Å². The van der Waals surface area contributed by atoms with Crippen molar-refractivity contribution in [2.75, 3.05) is 25.0 Å². The molecule has 2 heterocycles. The largest absolute Gasteiger partial charge is 0.396 e. The van der Waals surface area contributed by atoms with E-state index in [0.717, 1.165) is 18.4 Å². The predicted octanol–water partition coefficient (Wildman–Crippen LogP) is 2.97. The molecule has 0 spiro atoms. The third-order valence-corrected chi connectivity index (χ3v) is 4.25. The van der Waals surface area contributed by atoms with Crippen LogP contribution in [0.1, 0.15) is 19.8 Å². The molecule has 0 aliphatic carbocycles. The van der Waals surface area contributed by atoms with Crippen LogP contribution in [-0.2, 0) is 0 Å². The number of hydrogen-bond donors (Lipinski definition) is 2. The van der Waals surface area contributed by atoms with Crippen molar-refractivity contribution in [2.24, 2.45) is 5.41 Å². The Morgan fingerprint density at radius 2 is 2.22 bits per heavy atom. The van der Waals surface area contributed by atoms with E-state index in [2.05, 4.69) is 10.5 Å². The number of aliphatic hydroxyl groups excluding tert-OH is 1. The molecule has 2 aromatic rings. The Morgan fingerprint density at radius 3 is 2.96 bits per heavy atom. The van der Waals surface area contributed by atoms with Crippen molar-refractivity contribution >= 4 is 11.8 Å². The van der Waals surface area contributed by atoms with E-state index in [0.29, 0.717) is 24.7 Å². The number of rotatable bonds is 3. The molecule has 1 aliphatic heterocycles. The number of nitrogens with zero attached hydrogens (tertiary/aromatic N) is 2. The van der Waals surface area contributed by atoms with Gasteiger partial charge in [-0.3, -0.25) is 5.32 Å². The van der Waals surface area contributed by atoms with E-state index in [1.165, 1.54) is 0 Å². The number of aromatic nitrogens is 1.